The molecule has 0 fully saturated rings. The van der Waals surface area contributed by atoms with E-state index >= 15 is 0 Å². The number of sulfonamides is 1. The summed E-state index contributed by atoms with van der Waals surface area (Å²) >= 11 is 1.85. The second-order valence-electron chi connectivity index (χ2n) is 5.34. The van der Waals surface area contributed by atoms with Gasteiger partial charge in [0.05, 0.1) is 4.90 Å². The van der Waals surface area contributed by atoms with Crippen molar-refractivity contribution >= 4 is 51.7 Å². The molecule has 3 N–H and O–H groups in total. The highest BCUT2D eigenvalue weighted by atomic mass is 127. The van der Waals surface area contributed by atoms with E-state index in [4.69, 9.17) is 0 Å². The molecule has 1 aromatic rings. The van der Waals surface area contributed by atoms with Crippen molar-refractivity contribution in [2.24, 2.45) is 4.99 Å². The Morgan fingerprint density at radius 2 is 1.72 bits per heavy atom. The maximum absolute atomic E-state index is 12.1. The molecule has 0 aromatic heterocycles. The van der Waals surface area contributed by atoms with Crippen LogP contribution < -0.4 is 15.4 Å². The maximum Gasteiger partial charge on any atom is 0.240 e. The Kier molecular flexibility index (Phi) is 13.4. The van der Waals surface area contributed by atoms with Crippen LogP contribution in [0, 0.1) is 6.92 Å². The number of hydrogen-bond acceptors (Lipinski definition) is 4. The van der Waals surface area contributed by atoms with Crippen LogP contribution in [0.25, 0.3) is 0 Å². The van der Waals surface area contributed by atoms with E-state index < -0.39 is 10.0 Å². The van der Waals surface area contributed by atoms with E-state index in [9.17, 15) is 8.42 Å². The van der Waals surface area contributed by atoms with Crippen LogP contribution >= 0.6 is 35.7 Å². The van der Waals surface area contributed by atoms with Crippen LogP contribution in [0.3, 0.4) is 0 Å². The maximum atomic E-state index is 12.1. The smallest absolute Gasteiger partial charge is 0.240 e. The summed E-state index contributed by atoms with van der Waals surface area (Å²) in [5.74, 6) is 1.85. The average Bonchev–Trinajstić information content (AvgIpc) is 2.57. The lowest BCUT2D eigenvalue weighted by Crippen LogP contribution is -2.41. The number of aliphatic imine (C=N–C) groups is 1. The zero-order chi connectivity index (χ0) is 17.8. The molecular formula is C16H29IN4O2S2. The lowest BCUT2D eigenvalue weighted by molar-refractivity contribution is 0.580. The van der Waals surface area contributed by atoms with E-state index in [0.29, 0.717) is 19.0 Å². The molecule has 0 unspecified atom stereocenters. The first-order chi connectivity index (χ1) is 11.5. The summed E-state index contributed by atoms with van der Waals surface area (Å²) in [6.07, 6.45) is 4.36. The van der Waals surface area contributed by atoms with Gasteiger partial charge >= 0.3 is 0 Å². The summed E-state index contributed by atoms with van der Waals surface area (Å²) in [5.41, 5.74) is 1.03. The molecule has 1 aromatic carbocycles. The normalized spacial score (nSPS) is 11.7. The highest BCUT2D eigenvalue weighted by Crippen LogP contribution is 2.09. The van der Waals surface area contributed by atoms with Gasteiger partial charge in [0.2, 0.25) is 10.0 Å². The number of nitrogens with one attached hydrogen (secondary N) is 3. The van der Waals surface area contributed by atoms with Gasteiger partial charge in [-0.1, -0.05) is 17.7 Å². The fraction of sp³-hybridized carbons (Fsp3) is 0.562. The van der Waals surface area contributed by atoms with Crippen LogP contribution in [-0.2, 0) is 10.0 Å². The Hall–Kier alpha value is -0.520. The van der Waals surface area contributed by atoms with Crippen LogP contribution in [0.1, 0.15) is 18.4 Å². The number of thioether (sulfide) groups is 1. The Labute approximate surface area is 173 Å². The number of aryl methyl sites for hydroxylation is 1. The minimum Gasteiger partial charge on any atom is -0.356 e. The van der Waals surface area contributed by atoms with Crippen LogP contribution in [0.4, 0.5) is 0 Å². The van der Waals surface area contributed by atoms with Gasteiger partial charge in [0.25, 0.3) is 0 Å². The number of halogens is 1. The Morgan fingerprint density at radius 1 is 1.08 bits per heavy atom. The summed E-state index contributed by atoms with van der Waals surface area (Å²) in [4.78, 5) is 4.40. The van der Waals surface area contributed by atoms with Crippen molar-refractivity contribution in [2.45, 2.75) is 24.7 Å². The van der Waals surface area contributed by atoms with Crippen molar-refractivity contribution in [1.29, 1.82) is 0 Å². The minimum absolute atomic E-state index is 0. The van der Waals surface area contributed by atoms with Crippen molar-refractivity contribution < 1.29 is 8.42 Å². The molecular weight excluding hydrogens is 471 g/mol. The van der Waals surface area contributed by atoms with E-state index in [-0.39, 0.29) is 28.9 Å². The molecule has 0 aliphatic heterocycles. The van der Waals surface area contributed by atoms with Crippen LogP contribution in [0.2, 0.25) is 0 Å². The molecule has 0 spiro atoms. The molecule has 6 nitrogen and oxygen atoms in total. The average molecular weight is 500 g/mol. The fourth-order valence-electron chi connectivity index (χ4n) is 1.97. The standard InChI is InChI=1S/C16H28N4O2S2.HI/c1-14-6-8-15(9-7-14)24(21,22)20-12-11-19-16(17-2)18-10-4-5-13-23-3;/h6-9,20H,4-5,10-13H2,1-3H3,(H2,17,18,19);1H. The molecule has 0 saturated heterocycles. The van der Waals surface area contributed by atoms with Gasteiger partial charge in [-0.05, 0) is 43.9 Å². The second kappa shape index (κ2) is 13.7. The molecule has 0 heterocycles. The van der Waals surface area contributed by atoms with Crippen molar-refractivity contribution in [1.82, 2.24) is 15.4 Å². The van der Waals surface area contributed by atoms with Crippen molar-refractivity contribution in [2.75, 3.05) is 38.7 Å². The van der Waals surface area contributed by atoms with Gasteiger partial charge in [-0.25, -0.2) is 13.1 Å². The van der Waals surface area contributed by atoms with Crippen LogP contribution in [-0.4, -0.2) is 53.1 Å². The van der Waals surface area contributed by atoms with Crippen molar-refractivity contribution in [3.05, 3.63) is 29.8 Å². The Bertz CT molecular complexity index is 607. The molecule has 0 saturated carbocycles. The van der Waals surface area contributed by atoms with Crippen molar-refractivity contribution in [3.8, 4) is 0 Å². The zero-order valence-corrected chi connectivity index (χ0v) is 19.0. The molecule has 0 radical (unpaired) electrons. The molecule has 0 aliphatic carbocycles. The number of rotatable bonds is 10. The molecule has 0 bridgehead atoms. The first-order valence-corrected chi connectivity index (χ1v) is 10.9. The molecule has 25 heavy (non-hydrogen) atoms. The predicted octanol–water partition coefficient (Wildman–Crippen LogP) is 2.20. The van der Waals surface area contributed by atoms with Gasteiger partial charge in [0.15, 0.2) is 5.96 Å². The number of hydrogen-bond donors (Lipinski definition) is 3. The Morgan fingerprint density at radius 3 is 2.32 bits per heavy atom. The van der Waals surface area contributed by atoms with E-state index in [1.54, 1.807) is 31.3 Å². The van der Waals surface area contributed by atoms with Gasteiger partial charge in [0.1, 0.15) is 0 Å². The number of nitrogens with zero attached hydrogens (tertiary/aromatic N) is 1. The third-order valence-electron chi connectivity index (χ3n) is 3.33. The number of benzene rings is 1. The topological polar surface area (TPSA) is 82.6 Å². The van der Waals surface area contributed by atoms with Crippen LogP contribution in [0.5, 0.6) is 0 Å². The van der Waals surface area contributed by atoms with E-state index in [0.717, 1.165) is 24.3 Å². The lowest BCUT2D eigenvalue weighted by Gasteiger charge is -2.12. The van der Waals surface area contributed by atoms with Gasteiger partial charge in [-0.15, -0.1) is 24.0 Å². The summed E-state index contributed by atoms with van der Waals surface area (Å²) in [6.45, 7) is 3.54. The van der Waals surface area contributed by atoms with E-state index in [1.165, 1.54) is 6.42 Å². The summed E-state index contributed by atoms with van der Waals surface area (Å²) < 4.78 is 26.9. The Balaban J connectivity index is 0.00000576. The third-order valence-corrected chi connectivity index (χ3v) is 5.51. The van der Waals surface area contributed by atoms with E-state index in [1.807, 2.05) is 18.7 Å². The zero-order valence-electron chi connectivity index (χ0n) is 15.0. The first kappa shape index (κ1) is 24.5. The molecule has 0 amide bonds. The summed E-state index contributed by atoms with van der Waals surface area (Å²) in [7, 11) is -1.76. The second-order valence-corrected chi connectivity index (χ2v) is 8.09. The molecule has 0 aliphatic rings. The lowest BCUT2D eigenvalue weighted by atomic mass is 10.2. The molecule has 144 valence electrons. The third kappa shape index (κ3) is 10.3. The highest BCUT2D eigenvalue weighted by Gasteiger charge is 2.12. The van der Waals surface area contributed by atoms with Gasteiger partial charge in [-0.3, -0.25) is 4.99 Å². The van der Waals surface area contributed by atoms with Crippen molar-refractivity contribution in [3.63, 3.8) is 0 Å². The molecule has 1 rings (SSSR count). The highest BCUT2D eigenvalue weighted by molar-refractivity contribution is 14.0. The monoisotopic (exact) mass is 500 g/mol. The summed E-state index contributed by atoms with van der Waals surface area (Å²) in [5, 5.41) is 6.32. The van der Waals surface area contributed by atoms with Gasteiger partial charge in [-0.2, -0.15) is 11.8 Å². The SMILES string of the molecule is CN=C(NCCCCSC)NCCNS(=O)(=O)c1ccc(C)cc1.I. The first-order valence-electron chi connectivity index (χ1n) is 7.99. The minimum atomic E-state index is -3.46. The largest absolute Gasteiger partial charge is 0.356 e. The van der Waals surface area contributed by atoms with E-state index in [2.05, 4.69) is 26.6 Å². The van der Waals surface area contributed by atoms with Gasteiger partial charge in [0, 0.05) is 26.7 Å². The molecule has 0 atom stereocenters. The van der Waals surface area contributed by atoms with Gasteiger partial charge < -0.3 is 10.6 Å². The quantitative estimate of drug-likeness (QED) is 0.199. The number of unbranched alkanes of at least 4 members (excludes halogenated alkanes) is 1. The predicted molar refractivity (Wildman–Crippen MR) is 119 cm³/mol. The number of guanidine groups is 1. The fourth-order valence-corrected chi connectivity index (χ4v) is 3.49. The summed E-state index contributed by atoms with van der Waals surface area (Å²) in [6, 6.07) is 6.80. The van der Waals surface area contributed by atoms with Crippen LogP contribution in [0.15, 0.2) is 34.2 Å². The molecule has 9 heteroatoms.